The highest BCUT2D eigenvalue weighted by Gasteiger charge is 2.10. The van der Waals surface area contributed by atoms with Crippen molar-refractivity contribution in [2.24, 2.45) is 0 Å². The second kappa shape index (κ2) is 4.55. The van der Waals surface area contributed by atoms with E-state index in [1.807, 2.05) is 36.6 Å². The molecule has 0 fully saturated rings. The van der Waals surface area contributed by atoms with Gasteiger partial charge in [0.05, 0.1) is 0 Å². The van der Waals surface area contributed by atoms with E-state index < -0.39 is 0 Å². The van der Waals surface area contributed by atoms with E-state index in [1.165, 1.54) is 11.8 Å². The first-order valence-corrected chi connectivity index (χ1v) is 5.92. The Morgan fingerprint density at radius 1 is 1.27 bits per heavy atom. The Bertz CT molecular complexity index is 467. The van der Waals surface area contributed by atoms with Crippen molar-refractivity contribution >= 4 is 28.2 Å². The van der Waals surface area contributed by atoms with Gasteiger partial charge in [-0.25, -0.2) is 0 Å². The third-order valence-electron chi connectivity index (χ3n) is 1.81. The molecule has 0 aliphatic rings. The Morgan fingerprint density at radius 2 is 2.00 bits per heavy atom. The van der Waals surface area contributed by atoms with Gasteiger partial charge in [0, 0.05) is 5.56 Å². The number of hydrogen-bond acceptors (Lipinski definition) is 5. The number of thioether (sulfide) groups is 1. The summed E-state index contributed by atoms with van der Waals surface area (Å²) in [4.78, 5) is 0. The molecule has 0 amide bonds. The molecule has 1 aromatic heterocycles. The minimum Gasteiger partial charge on any atom is -0.415 e. The lowest BCUT2D eigenvalue weighted by atomic mass is 10.2. The van der Waals surface area contributed by atoms with Crippen molar-refractivity contribution in [1.82, 2.24) is 10.2 Å². The van der Waals surface area contributed by atoms with Crippen LogP contribution in [0.25, 0.3) is 11.5 Å². The van der Waals surface area contributed by atoms with Crippen LogP contribution in [0.4, 0.5) is 0 Å². The van der Waals surface area contributed by atoms with E-state index in [1.54, 1.807) is 0 Å². The maximum absolute atomic E-state index is 5.44. The van der Waals surface area contributed by atoms with Crippen LogP contribution in [0.3, 0.4) is 0 Å². The second-order valence-corrected chi connectivity index (χ2v) is 4.25. The van der Waals surface area contributed by atoms with Crippen LogP contribution in [0.1, 0.15) is 5.89 Å². The average Bonchev–Trinajstić information content (AvgIpc) is 2.78. The van der Waals surface area contributed by atoms with E-state index in [0.717, 1.165) is 5.56 Å². The van der Waals surface area contributed by atoms with Gasteiger partial charge in [0.1, 0.15) is 4.20 Å². The van der Waals surface area contributed by atoms with Gasteiger partial charge in [0.2, 0.25) is 5.89 Å². The molecule has 0 saturated heterocycles. The molecule has 0 N–H and O–H groups in total. The normalized spacial score (nSPS) is 10.2. The molecule has 0 bridgehead atoms. The zero-order chi connectivity index (χ0) is 10.7. The van der Waals surface area contributed by atoms with Crippen LogP contribution in [0.2, 0.25) is 0 Å². The first-order valence-electron chi connectivity index (χ1n) is 4.28. The summed E-state index contributed by atoms with van der Waals surface area (Å²) in [6.07, 6.45) is 1.88. The molecule has 0 aliphatic carbocycles. The smallest absolute Gasteiger partial charge is 0.265 e. The standard InChI is InChI=1S/C10H8N2OS2/c1-15-10(14)9-12-11-8(13-9)7-5-3-2-4-6-7/h2-6H,1H3. The van der Waals surface area contributed by atoms with E-state index in [2.05, 4.69) is 10.2 Å². The fraction of sp³-hybridized carbons (Fsp3) is 0.100. The van der Waals surface area contributed by atoms with Crippen molar-refractivity contribution in [3.63, 3.8) is 0 Å². The Hall–Kier alpha value is -1.20. The third kappa shape index (κ3) is 2.24. The Kier molecular flexibility index (Phi) is 3.13. The number of rotatable bonds is 2. The lowest BCUT2D eigenvalue weighted by molar-refractivity contribution is 0.562. The van der Waals surface area contributed by atoms with Gasteiger partial charge in [-0.15, -0.1) is 22.0 Å². The summed E-state index contributed by atoms with van der Waals surface area (Å²) in [5.41, 5.74) is 0.903. The van der Waals surface area contributed by atoms with Crippen LogP contribution in [-0.4, -0.2) is 20.6 Å². The van der Waals surface area contributed by atoms with Gasteiger partial charge in [0.15, 0.2) is 0 Å². The van der Waals surface area contributed by atoms with E-state index in [0.29, 0.717) is 16.0 Å². The van der Waals surface area contributed by atoms with Gasteiger partial charge < -0.3 is 4.42 Å². The van der Waals surface area contributed by atoms with E-state index >= 15 is 0 Å². The summed E-state index contributed by atoms with van der Waals surface area (Å²) in [6.45, 7) is 0. The summed E-state index contributed by atoms with van der Waals surface area (Å²) >= 11 is 6.47. The largest absolute Gasteiger partial charge is 0.415 e. The Balaban J connectivity index is 2.32. The monoisotopic (exact) mass is 236 g/mol. The molecule has 3 nitrogen and oxygen atoms in total. The number of nitrogens with zero attached hydrogens (tertiary/aromatic N) is 2. The van der Waals surface area contributed by atoms with Gasteiger partial charge >= 0.3 is 0 Å². The van der Waals surface area contributed by atoms with Crippen molar-refractivity contribution in [3.05, 3.63) is 36.2 Å². The van der Waals surface area contributed by atoms with Crippen LogP contribution in [0, 0.1) is 0 Å². The van der Waals surface area contributed by atoms with Crippen LogP contribution in [-0.2, 0) is 0 Å². The number of benzene rings is 1. The highest BCUT2D eigenvalue weighted by Crippen LogP contribution is 2.19. The molecule has 1 heterocycles. The van der Waals surface area contributed by atoms with E-state index in [4.69, 9.17) is 16.6 Å². The molecule has 0 saturated carbocycles. The third-order valence-corrected chi connectivity index (χ3v) is 3.03. The van der Waals surface area contributed by atoms with Crippen molar-refractivity contribution in [2.45, 2.75) is 0 Å². The van der Waals surface area contributed by atoms with Crippen LogP contribution in [0.5, 0.6) is 0 Å². The lowest BCUT2D eigenvalue weighted by Crippen LogP contribution is -1.89. The summed E-state index contributed by atoms with van der Waals surface area (Å²) in [6, 6.07) is 9.62. The maximum Gasteiger partial charge on any atom is 0.265 e. The molecule has 2 aromatic rings. The molecular weight excluding hydrogens is 228 g/mol. The van der Waals surface area contributed by atoms with Gasteiger partial charge in [0.25, 0.3) is 5.89 Å². The van der Waals surface area contributed by atoms with Crippen molar-refractivity contribution in [3.8, 4) is 11.5 Å². The minimum absolute atomic E-state index is 0.413. The van der Waals surface area contributed by atoms with E-state index in [-0.39, 0.29) is 0 Å². The Morgan fingerprint density at radius 3 is 2.67 bits per heavy atom. The fourth-order valence-electron chi connectivity index (χ4n) is 1.09. The highest BCUT2D eigenvalue weighted by molar-refractivity contribution is 8.23. The quantitative estimate of drug-likeness (QED) is 0.750. The summed E-state index contributed by atoms with van der Waals surface area (Å²) in [5, 5.41) is 7.82. The van der Waals surface area contributed by atoms with Gasteiger partial charge in [-0.1, -0.05) is 30.4 Å². The van der Waals surface area contributed by atoms with Gasteiger partial charge in [-0.2, -0.15) is 0 Å². The summed E-state index contributed by atoms with van der Waals surface area (Å²) in [5.74, 6) is 0.915. The molecule has 0 radical (unpaired) electrons. The molecule has 15 heavy (non-hydrogen) atoms. The van der Waals surface area contributed by atoms with Crippen LogP contribution >= 0.6 is 24.0 Å². The van der Waals surface area contributed by atoms with Crippen molar-refractivity contribution in [1.29, 1.82) is 0 Å². The zero-order valence-corrected chi connectivity index (χ0v) is 9.64. The number of thiocarbonyl (C=S) groups is 1. The molecular formula is C10H8N2OS2. The Labute approximate surface area is 96.9 Å². The minimum atomic E-state index is 0.413. The second-order valence-electron chi connectivity index (χ2n) is 2.77. The molecule has 0 aliphatic heterocycles. The molecule has 2 rings (SSSR count). The van der Waals surface area contributed by atoms with Gasteiger partial charge in [-0.3, -0.25) is 0 Å². The molecule has 0 unspecified atom stereocenters. The van der Waals surface area contributed by atoms with Crippen LogP contribution < -0.4 is 0 Å². The van der Waals surface area contributed by atoms with Crippen molar-refractivity contribution < 1.29 is 4.42 Å². The maximum atomic E-state index is 5.44. The molecule has 0 atom stereocenters. The van der Waals surface area contributed by atoms with Crippen molar-refractivity contribution in [2.75, 3.05) is 6.26 Å². The predicted octanol–water partition coefficient (Wildman–Crippen LogP) is 2.78. The predicted molar refractivity (Wildman–Crippen MR) is 64.9 cm³/mol. The number of hydrogen-bond donors (Lipinski definition) is 0. The summed E-state index contributed by atoms with van der Waals surface area (Å²) < 4.78 is 6.05. The number of aromatic nitrogens is 2. The van der Waals surface area contributed by atoms with Crippen LogP contribution in [0.15, 0.2) is 34.7 Å². The lowest BCUT2D eigenvalue weighted by Gasteiger charge is -1.92. The SMILES string of the molecule is CSC(=S)c1nnc(-c2ccccc2)o1. The van der Waals surface area contributed by atoms with Gasteiger partial charge in [-0.05, 0) is 18.4 Å². The average molecular weight is 236 g/mol. The molecule has 76 valence electrons. The first kappa shape index (κ1) is 10.3. The molecule has 0 spiro atoms. The fourth-order valence-corrected chi connectivity index (χ4v) is 1.43. The molecule has 5 heteroatoms. The first-order chi connectivity index (χ1) is 7.31. The van der Waals surface area contributed by atoms with E-state index in [9.17, 15) is 0 Å². The molecule has 1 aromatic carbocycles. The topological polar surface area (TPSA) is 38.9 Å². The zero-order valence-electron chi connectivity index (χ0n) is 8.01. The highest BCUT2D eigenvalue weighted by atomic mass is 32.2. The summed E-state index contributed by atoms with van der Waals surface area (Å²) in [7, 11) is 0.